The van der Waals surface area contributed by atoms with Crippen molar-refractivity contribution in [3.63, 3.8) is 0 Å². The van der Waals surface area contributed by atoms with Gasteiger partial charge in [-0.2, -0.15) is 0 Å². The minimum atomic E-state index is 0.917. The summed E-state index contributed by atoms with van der Waals surface area (Å²) in [6, 6.07) is 47.8. The molecule has 0 unspecified atom stereocenters. The average Bonchev–Trinajstić information content (AvgIpc) is 2.94. The Bertz CT molecular complexity index is 1690. The Morgan fingerprint density at radius 2 is 0.722 bits per heavy atom. The van der Waals surface area contributed by atoms with E-state index in [2.05, 4.69) is 133 Å². The van der Waals surface area contributed by atoms with Gasteiger partial charge < -0.3 is 0 Å². The van der Waals surface area contributed by atoms with Gasteiger partial charge in [0, 0.05) is 11.1 Å². The minimum absolute atomic E-state index is 0.917. The SMILES string of the molecule is S=C1c2cc3ccccc3cc2C(=C(c2ccccc2)c2ccccc2)c2cc3ccccc3cc21. The van der Waals surface area contributed by atoms with Crippen molar-refractivity contribution in [2.24, 2.45) is 0 Å². The topological polar surface area (TPSA) is 0 Å². The highest BCUT2D eigenvalue weighted by molar-refractivity contribution is 7.81. The number of thiocarbonyl (C=S) groups is 1. The number of rotatable bonds is 2. The van der Waals surface area contributed by atoms with Crippen LogP contribution >= 0.6 is 12.2 Å². The molecule has 0 saturated heterocycles. The summed E-state index contributed by atoms with van der Waals surface area (Å²) in [6.45, 7) is 0. The second-order valence-electron chi connectivity index (χ2n) is 9.30. The van der Waals surface area contributed by atoms with Crippen LogP contribution in [0.5, 0.6) is 0 Å². The molecule has 0 radical (unpaired) electrons. The van der Waals surface area contributed by atoms with Crippen molar-refractivity contribution in [1.82, 2.24) is 0 Å². The van der Waals surface area contributed by atoms with E-state index in [4.69, 9.17) is 12.2 Å². The van der Waals surface area contributed by atoms with Gasteiger partial charge in [-0.05, 0) is 79.2 Å². The monoisotopic (exact) mass is 474 g/mol. The third-order valence-corrected chi connectivity index (χ3v) is 7.61. The van der Waals surface area contributed by atoms with E-state index in [1.54, 1.807) is 0 Å². The molecule has 0 N–H and O–H groups in total. The summed E-state index contributed by atoms with van der Waals surface area (Å²) < 4.78 is 0. The van der Waals surface area contributed by atoms with E-state index in [-0.39, 0.29) is 0 Å². The lowest BCUT2D eigenvalue weighted by Gasteiger charge is -2.28. The number of benzene rings is 6. The molecule has 1 aliphatic rings. The normalized spacial score (nSPS) is 12.4. The molecule has 0 nitrogen and oxygen atoms in total. The fourth-order valence-corrected chi connectivity index (χ4v) is 5.83. The Balaban J connectivity index is 1.69. The molecule has 0 heterocycles. The lowest BCUT2D eigenvalue weighted by molar-refractivity contribution is 1.48. The highest BCUT2D eigenvalue weighted by atomic mass is 32.1. The number of hydrogen-bond acceptors (Lipinski definition) is 1. The molecule has 36 heavy (non-hydrogen) atoms. The van der Waals surface area contributed by atoms with Crippen LogP contribution in [-0.4, -0.2) is 4.86 Å². The standard InChI is InChI=1S/C35H22S/c36-35-31-21-27-17-9-7-15-25(27)19-29(31)34(30-20-26-16-8-10-18-28(26)22-32(30)35)33(23-11-3-1-4-12-23)24-13-5-2-6-14-24/h1-22H. The Labute approximate surface area is 216 Å². The van der Waals surface area contributed by atoms with Crippen molar-refractivity contribution >= 4 is 49.8 Å². The van der Waals surface area contributed by atoms with Crippen LogP contribution in [0.25, 0.3) is 32.7 Å². The third kappa shape index (κ3) is 3.32. The number of hydrogen-bond donors (Lipinski definition) is 0. The van der Waals surface area contributed by atoms with E-state index >= 15 is 0 Å². The van der Waals surface area contributed by atoms with E-state index in [0.29, 0.717) is 0 Å². The van der Waals surface area contributed by atoms with E-state index in [1.807, 2.05) is 0 Å². The summed E-state index contributed by atoms with van der Waals surface area (Å²) in [5.41, 5.74) is 9.52. The molecule has 1 heteroatoms. The lowest BCUT2D eigenvalue weighted by atomic mass is 9.76. The van der Waals surface area contributed by atoms with Crippen LogP contribution in [0, 0.1) is 0 Å². The van der Waals surface area contributed by atoms with Gasteiger partial charge in [0.15, 0.2) is 0 Å². The first-order valence-corrected chi connectivity index (χ1v) is 12.6. The maximum Gasteiger partial charge on any atom is 0.0534 e. The van der Waals surface area contributed by atoms with Crippen LogP contribution in [0.4, 0.5) is 0 Å². The highest BCUT2D eigenvalue weighted by Gasteiger charge is 2.28. The largest absolute Gasteiger partial charge is 0.0787 e. The van der Waals surface area contributed by atoms with Crippen molar-refractivity contribution in [3.05, 3.63) is 167 Å². The smallest absolute Gasteiger partial charge is 0.0534 e. The first-order chi connectivity index (χ1) is 17.8. The van der Waals surface area contributed by atoms with Crippen molar-refractivity contribution in [2.45, 2.75) is 0 Å². The molecule has 0 aromatic heterocycles. The van der Waals surface area contributed by atoms with E-state index in [9.17, 15) is 0 Å². The molecular weight excluding hydrogens is 452 g/mol. The summed E-state index contributed by atoms with van der Waals surface area (Å²) in [5, 5.41) is 4.87. The average molecular weight is 475 g/mol. The molecule has 6 aromatic rings. The zero-order valence-corrected chi connectivity index (χ0v) is 20.4. The first kappa shape index (κ1) is 21.0. The molecule has 0 atom stereocenters. The predicted octanol–water partition coefficient (Wildman–Crippen LogP) is 9.08. The maximum atomic E-state index is 6.19. The van der Waals surface area contributed by atoms with Crippen molar-refractivity contribution in [2.75, 3.05) is 0 Å². The van der Waals surface area contributed by atoms with E-state index in [0.717, 1.165) is 16.0 Å². The summed E-state index contributed by atoms with van der Waals surface area (Å²) in [4.78, 5) is 0.917. The minimum Gasteiger partial charge on any atom is -0.0787 e. The van der Waals surface area contributed by atoms with Crippen molar-refractivity contribution in [1.29, 1.82) is 0 Å². The fourth-order valence-electron chi connectivity index (χ4n) is 5.49. The molecule has 6 aromatic carbocycles. The van der Waals surface area contributed by atoms with E-state index < -0.39 is 0 Å². The van der Waals surface area contributed by atoms with Gasteiger partial charge >= 0.3 is 0 Å². The first-order valence-electron chi connectivity index (χ1n) is 12.2. The zero-order chi connectivity index (χ0) is 24.1. The van der Waals surface area contributed by atoms with E-state index in [1.165, 1.54) is 54.9 Å². The lowest BCUT2D eigenvalue weighted by Crippen LogP contribution is -2.15. The van der Waals surface area contributed by atoms with Gasteiger partial charge in [-0.25, -0.2) is 0 Å². The van der Waals surface area contributed by atoms with Gasteiger partial charge in [0.1, 0.15) is 0 Å². The van der Waals surface area contributed by atoms with Crippen LogP contribution in [0.3, 0.4) is 0 Å². The molecular formula is C35H22S. The van der Waals surface area contributed by atoms with Crippen molar-refractivity contribution < 1.29 is 0 Å². The van der Waals surface area contributed by atoms with Crippen LogP contribution in [0.15, 0.2) is 133 Å². The summed E-state index contributed by atoms with van der Waals surface area (Å²) in [6.07, 6.45) is 0. The quantitative estimate of drug-likeness (QED) is 0.225. The summed E-state index contributed by atoms with van der Waals surface area (Å²) in [7, 11) is 0. The number of fused-ring (bicyclic) bond motifs is 4. The fraction of sp³-hybridized carbons (Fsp3) is 0. The molecule has 7 rings (SSSR count). The van der Waals surface area contributed by atoms with Gasteiger partial charge in [0.2, 0.25) is 0 Å². The molecule has 0 spiro atoms. The van der Waals surface area contributed by atoms with Crippen LogP contribution < -0.4 is 0 Å². The Hall–Kier alpha value is -4.33. The molecule has 1 aliphatic carbocycles. The summed E-state index contributed by atoms with van der Waals surface area (Å²) in [5.74, 6) is 0. The molecule has 0 fully saturated rings. The molecule has 168 valence electrons. The second kappa shape index (κ2) is 8.41. The Kier molecular flexibility index (Phi) is 4.90. The molecule has 0 bridgehead atoms. The van der Waals surface area contributed by atoms with Crippen LogP contribution in [-0.2, 0) is 0 Å². The van der Waals surface area contributed by atoms with Gasteiger partial charge in [-0.1, -0.05) is 121 Å². The van der Waals surface area contributed by atoms with Gasteiger partial charge in [0.05, 0.1) is 4.86 Å². The van der Waals surface area contributed by atoms with Gasteiger partial charge in [-0.15, -0.1) is 0 Å². The highest BCUT2D eigenvalue weighted by Crippen LogP contribution is 2.45. The summed E-state index contributed by atoms with van der Waals surface area (Å²) >= 11 is 6.19. The zero-order valence-electron chi connectivity index (χ0n) is 19.6. The molecule has 0 amide bonds. The Morgan fingerprint density at radius 3 is 1.11 bits per heavy atom. The van der Waals surface area contributed by atoms with Gasteiger partial charge in [-0.3, -0.25) is 0 Å². The van der Waals surface area contributed by atoms with Crippen LogP contribution in [0.2, 0.25) is 0 Å². The molecule has 0 saturated carbocycles. The Morgan fingerprint density at radius 1 is 0.389 bits per heavy atom. The van der Waals surface area contributed by atoms with Crippen LogP contribution in [0.1, 0.15) is 33.4 Å². The van der Waals surface area contributed by atoms with Gasteiger partial charge in [0.25, 0.3) is 0 Å². The maximum absolute atomic E-state index is 6.19. The second-order valence-corrected chi connectivity index (χ2v) is 9.71. The molecule has 0 aliphatic heterocycles. The van der Waals surface area contributed by atoms with Crippen molar-refractivity contribution in [3.8, 4) is 0 Å². The predicted molar refractivity (Wildman–Crippen MR) is 157 cm³/mol. The third-order valence-electron chi connectivity index (χ3n) is 7.17.